The number of aromatic nitrogens is 4. The molecule has 158 valence electrons. The first-order valence-corrected chi connectivity index (χ1v) is 10.3. The Morgan fingerprint density at radius 1 is 1.22 bits per heavy atom. The van der Waals surface area contributed by atoms with Crippen molar-refractivity contribution in [3.05, 3.63) is 77.9 Å². The zero-order chi connectivity index (χ0) is 22.1. The zero-order valence-electron chi connectivity index (χ0n) is 17.4. The van der Waals surface area contributed by atoms with Crippen LogP contribution < -0.4 is 10.1 Å². The summed E-state index contributed by atoms with van der Waals surface area (Å²) in [6, 6.07) is 17.3. The van der Waals surface area contributed by atoms with E-state index in [1.54, 1.807) is 30.0 Å². The Morgan fingerprint density at radius 2 is 2.03 bits per heavy atom. The minimum Gasteiger partial charge on any atom is -0.493 e. The maximum absolute atomic E-state index is 13.1. The summed E-state index contributed by atoms with van der Waals surface area (Å²) >= 11 is 0. The van der Waals surface area contributed by atoms with Crippen LogP contribution in [0.5, 0.6) is 5.75 Å². The van der Waals surface area contributed by atoms with Gasteiger partial charge in [-0.05, 0) is 36.6 Å². The first kappa shape index (κ1) is 19.7. The Balaban J connectivity index is 1.52. The van der Waals surface area contributed by atoms with E-state index in [9.17, 15) is 10.1 Å². The normalized spacial score (nSPS) is 14.0. The fourth-order valence-corrected chi connectivity index (χ4v) is 3.79. The van der Waals surface area contributed by atoms with E-state index < -0.39 is 5.41 Å². The number of methoxy groups -OCH3 is 1. The number of carbonyl (C=O) groups is 1. The van der Waals surface area contributed by atoms with E-state index in [1.165, 1.54) is 6.20 Å². The molecule has 1 fully saturated rings. The molecule has 4 aromatic rings. The fraction of sp³-hybridized carbons (Fsp3) is 0.208. The van der Waals surface area contributed by atoms with E-state index in [4.69, 9.17) is 14.8 Å². The van der Waals surface area contributed by atoms with Crippen LogP contribution in [0.1, 0.15) is 29.8 Å². The molecular formula is C24H20N6O2. The fourth-order valence-electron chi connectivity index (χ4n) is 3.79. The van der Waals surface area contributed by atoms with Crippen molar-refractivity contribution in [1.82, 2.24) is 24.9 Å². The summed E-state index contributed by atoms with van der Waals surface area (Å²) in [5.74, 6) is 0.946. The molecule has 8 heteroatoms. The number of nitrogens with one attached hydrogen (secondary N) is 1. The van der Waals surface area contributed by atoms with Crippen molar-refractivity contribution in [2.75, 3.05) is 7.11 Å². The molecular weight excluding hydrogens is 404 g/mol. The van der Waals surface area contributed by atoms with Gasteiger partial charge in [-0.2, -0.15) is 5.26 Å². The third-order valence-corrected chi connectivity index (χ3v) is 5.74. The van der Waals surface area contributed by atoms with Crippen molar-refractivity contribution < 1.29 is 9.53 Å². The molecule has 5 rings (SSSR count). The molecule has 0 saturated heterocycles. The molecule has 32 heavy (non-hydrogen) atoms. The monoisotopic (exact) mass is 424 g/mol. The summed E-state index contributed by atoms with van der Waals surface area (Å²) in [5.41, 5.74) is 2.70. The lowest BCUT2D eigenvalue weighted by molar-refractivity contribution is -0.123. The Hall–Kier alpha value is -4.25. The van der Waals surface area contributed by atoms with Crippen LogP contribution in [-0.4, -0.2) is 32.6 Å². The molecule has 3 heterocycles. The van der Waals surface area contributed by atoms with Gasteiger partial charge in [0.2, 0.25) is 5.91 Å². The van der Waals surface area contributed by atoms with Crippen LogP contribution in [0.2, 0.25) is 0 Å². The minimum absolute atomic E-state index is 0.0779. The Kier molecular flexibility index (Phi) is 4.79. The number of hydrogen-bond acceptors (Lipinski definition) is 6. The molecule has 3 aromatic heterocycles. The number of fused-ring (bicyclic) bond motifs is 1. The van der Waals surface area contributed by atoms with Crippen LogP contribution in [0.4, 0.5) is 0 Å². The van der Waals surface area contributed by atoms with Gasteiger partial charge in [0, 0.05) is 24.5 Å². The second kappa shape index (κ2) is 7.78. The van der Waals surface area contributed by atoms with Gasteiger partial charge < -0.3 is 10.1 Å². The van der Waals surface area contributed by atoms with Gasteiger partial charge in [-0.3, -0.25) is 9.78 Å². The van der Waals surface area contributed by atoms with E-state index in [0.29, 0.717) is 47.9 Å². The number of carbonyl (C=O) groups excluding carboxylic acids is 1. The van der Waals surface area contributed by atoms with Crippen LogP contribution in [0.15, 0.2) is 60.9 Å². The average Bonchev–Trinajstić information content (AvgIpc) is 3.54. The third-order valence-electron chi connectivity index (χ3n) is 5.74. The first-order valence-electron chi connectivity index (χ1n) is 10.3. The molecule has 8 nitrogen and oxygen atoms in total. The highest BCUT2D eigenvalue weighted by atomic mass is 16.5. The standard InChI is InChI=1S/C24H20N6O2/c1-32-20-8-7-19(18-11-17(12-25)13-26-15-18)30-21(20)28-22(29-30)24(9-10-24)23(31)27-14-16-5-3-2-4-6-16/h2-8,11,13,15H,9-10,14H2,1H3,(H,27,31). The highest BCUT2D eigenvalue weighted by Crippen LogP contribution is 2.47. The molecule has 1 N–H and O–H groups in total. The molecule has 0 radical (unpaired) electrons. The number of rotatable bonds is 6. The second-order valence-corrected chi connectivity index (χ2v) is 7.78. The van der Waals surface area contributed by atoms with Gasteiger partial charge in [-0.1, -0.05) is 30.3 Å². The molecule has 0 spiro atoms. The van der Waals surface area contributed by atoms with Crippen molar-refractivity contribution in [1.29, 1.82) is 5.26 Å². The molecule has 1 aromatic carbocycles. The smallest absolute Gasteiger partial charge is 0.234 e. The van der Waals surface area contributed by atoms with Gasteiger partial charge in [0.25, 0.3) is 0 Å². The number of ether oxygens (including phenoxy) is 1. The van der Waals surface area contributed by atoms with Gasteiger partial charge in [0.1, 0.15) is 11.5 Å². The maximum atomic E-state index is 13.1. The average molecular weight is 424 g/mol. The molecule has 1 saturated carbocycles. The minimum atomic E-state index is -0.740. The summed E-state index contributed by atoms with van der Waals surface area (Å²) in [6.07, 6.45) is 4.55. The van der Waals surface area contributed by atoms with E-state index in [2.05, 4.69) is 16.4 Å². The summed E-state index contributed by atoms with van der Waals surface area (Å²) in [5, 5.41) is 17.0. The Morgan fingerprint density at radius 3 is 2.75 bits per heavy atom. The summed E-state index contributed by atoms with van der Waals surface area (Å²) in [7, 11) is 1.57. The molecule has 0 bridgehead atoms. The van der Waals surface area contributed by atoms with E-state index in [1.807, 2.05) is 36.4 Å². The molecule has 1 aliphatic carbocycles. The van der Waals surface area contributed by atoms with Crippen molar-refractivity contribution in [3.63, 3.8) is 0 Å². The molecule has 0 atom stereocenters. The first-order chi connectivity index (χ1) is 15.6. The van der Waals surface area contributed by atoms with Crippen LogP contribution >= 0.6 is 0 Å². The van der Waals surface area contributed by atoms with Crippen LogP contribution in [0.25, 0.3) is 16.9 Å². The lowest BCUT2D eigenvalue weighted by Gasteiger charge is -2.12. The van der Waals surface area contributed by atoms with Gasteiger partial charge in [-0.15, -0.1) is 5.10 Å². The van der Waals surface area contributed by atoms with Crippen LogP contribution in [-0.2, 0) is 16.8 Å². The molecule has 0 aliphatic heterocycles. The van der Waals surface area contributed by atoms with Gasteiger partial charge in [0.05, 0.1) is 18.4 Å². The van der Waals surface area contributed by atoms with Crippen molar-refractivity contribution in [2.45, 2.75) is 24.8 Å². The quantitative estimate of drug-likeness (QED) is 0.510. The van der Waals surface area contributed by atoms with Crippen molar-refractivity contribution >= 4 is 11.6 Å². The summed E-state index contributed by atoms with van der Waals surface area (Å²) < 4.78 is 7.15. The Labute approximate surface area is 184 Å². The predicted molar refractivity (Wildman–Crippen MR) is 117 cm³/mol. The number of hydrogen-bond donors (Lipinski definition) is 1. The van der Waals surface area contributed by atoms with Crippen molar-refractivity contribution in [2.24, 2.45) is 0 Å². The number of nitriles is 1. The molecule has 1 amide bonds. The summed E-state index contributed by atoms with van der Waals surface area (Å²) in [6.45, 7) is 0.454. The molecule has 1 aliphatic rings. The lowest BCUT2D eigenvalue weighted by atomic mass is 10.1. The second-order valence-electron chi connectivity index (χ2n) is 7.78. The number of nitrogens with zero attached hydrogens (tertiary/aromatic N) is 5. The highest BCUT2D eigenvalue weighted by molar-refractivity contribution is 5.90. The SMILES string of the molecule is COc1ccc(-c2cncc(C#N)c2)n2nc(C3(C(=O)NCc4ccccc4)CC3)nc12. The van der Waals surface area contributed by atoms with Crippen LogP contribution in [0.3, 0.4) is 0 Å². The lowest BCUT2D eigenvalue weighted by Crippen LogP contribution is -2.35. The highest BCUT2D eigenvalue weighted by Gasteiger charge is 2.54. The largest absolute Gasteiger partial charge is 0.493 e. The van der Waals surface area contributed by atoms with Gasteiger partial charge in [0.15, 0.2) is 17.2 Å². The van der Waals surface area contributed by atoms with Gasteiger partial charge in [-0.25, -0.2) is 9.50 Å². The Bertz CT molecular complexity index is 1350. The predicted octanol–water partition coefficient (Wildman–Crippen LogP) is 3.02. The number of pyridine rings is 2. The maximum Gasteiger partial charge on any atom is 0.234 e. The number of benzene rings is 1. The van der Waals surface area contributed by atoms with E-state index >= 15 is 0 Å². The van der Waals surface area contributed by atoms with Crippen molar-refractivity contribution in [3.8, 4) is 23.1 Å². The number of amides is 1. The zero-order valence-corrected chi connectivity index (χ0v) is 17.4. The summed E-state index contributed by atoms with van der Waals surface area (Å²) in [4.78, 5) is 21.9. The van der Waals surface area contributed by atoms with E-state index in [0.717, 1.165) is 11.1 Å². The molecule has 0 unspecified atom stereocenters. The van der Waals surface area contributed by atoms with E-state index in [-0.39, 0.29) is 5.91 Å². The third kappa shape index (κ3) is 3.34. The van der Waals surface area contributed by atoms with Crippen LogP contribution in [0, 0.1) is 11.3 Å². The van der Waals surface area contributed by atoms with Gasteiger partial charge >= 0.3 is 0 Å². The topological polar surface area (TPSA) is 105 Å².